The molecule has 92 valence electrons. The van der Waals surface area contributed by atoms with E-state index in [1.54, 1.807) is 0 Å². The maximum atomic E-state index is 8.07. The Balaban J connectivity index is 2.24. The van der Waals surface area contributed by atoms with E-state index in [1.165, 1.54) is 17.3 Å². The average molecular weight is 256 g/mol. The Labute approximate surface area is 112 Å². The van der Waals surface area contributed by atoms with Gasteiger partial charge in [0, 0.05) is 5.69 Å². The van der Waals surface area contributed by atoms with Gasteiger partial charge < -0.3 is 4.90 Å². The van der Waals surface area contributed by atoms with Crippen molar-refractivity contribution in [2.24, 2.45) is 0 Å². The molecular weight excluding hydrogens is 240 g/mol. The Morgan fingerprint density at radius 1 is 1.00 bits per heavy atom. The fourth-order valence-electron chi connectivity index (χ4n) is 1.76. The van der Waals surface area contributed by atoms with Crippen molar-refractivity contribution in [2.45, 2.75) is 6.54 Å². The van der Waals surface area contributed by atoms with Crippen molar-refractivity contribution in [3.05, 3.63) is 66.2 Å². The van der Waals surface area contributed by atoms with Crippen LogP contribution in [-0.4, -0.2) is 11.4 Å². The predicted octanol–water partition coefficient (Wildman–Crippen LogP) is 3.99. The van der Waals surface area contributed by atoms with Gasteiger partial charge >= 0.3 is 0 Å². The van der Waals surface area contributed by atoms with Gasteiger partial charge in [-0.25, -0.2) is 0 Å². The number of amidine groups is 1. The molecule has 0 unspecified atom stereocenters. The van der Waals surface area contributed by atoms with Crippen LogP contribution in [0.15, 0.2) is 60.7 Å². The van der Waals surface area contributed by atoms with Crippen molar-refractivity contribution in [2.75, 3.05) is 11.2 Å². The molecule has 0 aliphatic rings. The minimum atomic E-state index is 0.560. The molecular formula is C15H16N2S. The molecule has 1 N–H and O–H groups in total. The lowest BCUT2D eigenvalue weighted by atomic mass is 10.2. The summed E-state index contributed by atoms with van der Waals surface area (Å²) >= 11 is 1.46. The highest BCUT2D eigenvalue weighted by Gasteiger charge is 2.11. The zero-order valence-electron chi connectivity index (χ0n) is 10.3. The number of hydrogen-bond acceptors (Lipinski definition) is 2. The van der Waals surface area contributed by atoms with Crippen LogP contribution in [0.1, 0.15) is 5.56 Å². The molecule has 0 aromatic heterocycles. The molecule has 2 aromatic carbocycles. The predicted molar refractivity (Wildman–Crippen MR) is 80.3 cm³/mol. The number of hydrogen-bond donors (Lipinski definition) is 1. The molecule has 2 aromatic rings. The Morgan fingerprint density at radius 3 is 2.11 bits per heavy atom. The summed E-state index contributed by atoms with van der Waals surface area (Å²) < 4.78 is 0. The number of anilines is 1. The van der Waals surface area contributed by atoms with E-state index in [-0.39, 0.29) is 0 Å². The average Bonchev–Trinajstić information content (AvgIpc) is 2.46. The fraction of sp³-hybridized carbons (Fsp3) is 0.133. The summed E-state index contributed by atoms with van der Waals surface area (Å²) in [5, 5.41) is 8.63. The van der Waals surface area contributed by atoms with E-state index in [9.17, 15) is 0 Å². The molecule has 0 saturated carbocycles. The van der Waals surface area contributed by atoms with E-state index in [0.29, 0.717) is 5.17 Å². The Kier molecular flexibility index (Phi) is 4.42. The van der Waals surface area contributed by atoms with Gasteiger partial charge in [-0.05, 0) is 24.0 Å². The Hall–Kier alpha value is -1.74. The SMILES string of the molecule is CSC(=N)N(Cc1ccccc1)c1ccccc1. The molecule has 0 aliphatic heterocycles. The third-order valence-electron chi connectivity index (χ3n) is 2.69. The summed E-state index contributed by atoms with van der Waals surface area (Å²) in [6.07, 6.45) is 1.93. The maximum Gasteiger partial charge on any atom is 0.160 e. The van der Waals surface area contributed by atoms with E-state index in [1.807, 2.05) is 59.7 Å². The lowest BCUT2D eigenvalue weighted by Gasteiger charge is -2.24. The molecule has 0 fully saturated rings. The summed E-state index contributed by atoms with van der Waals surface area (Å²) in [6.45, 7) is 0.727. The molecule has 0 spiro atoms. The second kappa shape index (κ2) is 6.26. The van der Waals surface area contributed by atoms with Crippen molar-refractivity contribution < 1.29 is 0 Å². The molecule has 0 amide bonds. The highest BCUT2D eigenvalue weighted by atomic mass is 32.2. The summed E-state index contributed by atoms with van der Waals surface area (Å²) in [7, 11) is 0. The van der Waals surface area contributed by atoms with Crippen LogP contribution in [-0.2, 0) is 6.54 Å². The summed E-state index contributed by atoms with van der Waals surface area (Å²) in [5.74, 6) is 0. The van der Waals surface area contributed by atoms with Crippen LogP contribution >= 0.6 is 11.8 Å². The molecule has 18 heavy (non-hydrogen) atoms. The van der Waals surface area contributed by atoms with Gasteiger partial charge in [0.2, 0.25) is 0 Å². The van der Waals surface area contributed by atoms with Crippen LogP contribution in [0.5, 0.6) is 0 Å². The van der Waals surface area contributed by atoms with E-state index in [2.05, 4.69) is 12.1 Å². The summed E-state index contributed by atoms with van der Waals surface area (Å²) in [5.41, 5.74) is 2.26. The fourth-order valence-corrected chi connectivity index (χ4v) is 2.15. The first-order chi connectivity index (χ1) is 8.81. The third-order valence-corrected chi connectivity index (χ3v) is 3.30. The first kappa shape index (κ1) is 12.7. The first-order valence-corrected chi connectivity index (χ1v) is 7.03. The minimum Gasteiger partial charge on any atom is -0.317 e. The van der Waals surface area contributed by atoms with Crippen LogP contribution < -0.4 is 4.90 Å². The van der Waals surface area contributed by atoms with Gasteiger partial charge in [0.05, 0.1) is 6.54 Å². The van der Waals surface area contributed by atoms with Crippen molar-refractivity contribution in [3.63, 3.8) is 0 Å². The molecule has 2 nitrogen and oxygen atoms in total. The Bertz CT molecular complexity index is 496. The quantitative estimate of drug-likeness (QED) is 0.664. The highest BCUT2D eigenvalue weighted by molar-refractivity contribution is 8.13. The molecule has 0 saturated heterocycles. The maximum absolute atomic E-state index is 8.07. The van der Waals surface area contributed by atoms with Crippen LogP contribution in [0.4, 0.5) is 5.69 Å². The lowest BCUT2D eigenvalue weighted by Crippen LogP contribution is -2.27. The van der Waals surface area contributed by atoms with Crippen LogP contribution in [0.25, 0.3) is 0 Å². The molecule has 3 heteroatoms. The zero-order valence-corrected chi connectivity index (χ0v) is 11.2. The normalized spacial score (nSPS) is 10.1. The second-order valence-electron chi connectivity index (χ2n) is 3.92. The monoisotopic (exact) mass is 256 g/mol. The van der Waals surface area contributed by atoms with E-state index in [4.69, 9.17) is 5.41 Å². The number of thioether (sulfide) groups is 1. The van der Waals surface area contributed by atoms with Gasteiger partial charge in [-0.3, -0.25) is 5.41 Å². The third kappa shape index (κ3) is 3.14. The van der Waals surface area contributed by atoms with Gasteiger partial charge in [0.25, 0.3) is 0 Å². The van der Waals surface area contributed by atoms with Gasteiger partial charge in [-0.1, -0.05) is 60.3 Å². The summed E-state index contributed by atoms with van der Waals surface area (Å²) in [4.78, 5) is 2.01. The standard InChI is InChI=1S/C15H16N2S/c1-18-15(16)17(14-10-6-3-7-11-14)12-13-8-4-2-5-9-13/h2-11,16H,12H2,1H3. The lowest BCUT2D eigenvalue weighted by molar-refractivity contribution is 1.01. The minimum absolute atomic E-state index is 0.560. The molecule has 0 radical (unpaired) electrons. The molecule has 0 aliphatic carbocycles. The number of para-hydroxylation sites is 1. The van der Waals surface area contributed by atoms with Crippen molar-refractivity contribution in [1.29, 1.82) is 5.41 Å². The number of rotatable bonds is 3. The summed E-state index contributed by atoms with van der Waals surface area (Å²) in [6, 6.07) is 20.3. The molecule has 0 atom stereocenters. The van der Waals surface area contributed by atoms with Crippen LogP contribution in [0.3, 0.4) is 0 Å². The van der Waals surface area contributed by atoms with E-state index < -0.39 is 0 Å². The topological polar surface area (TPSA) is 27.1 Å². The van der Waals surface area contributed by atoms with E-state index in [0.717, 1.165) is 12.2 Å². The highest BCUT2D eigenvalue weighted by Crippen LogP contribution is 2.20. The van der Waals surface area contributed by atoms with Crippen molar-refractivity contribution in [3.8, 4) is 0 Å². The van der Waals surface area contributed by atoms with E-state index >= 15 is 0 Å². The van der Waals surface area contributed by atoms with Crippen LogP contribution in [0, 0.1) is 5.41 Å². The largest absolute Gasteiger partial charge is 0.317 e. The zero-order chi connectivity index (χ0) is 12.8. The molecule has 0 heterocycles. The van der Waals surface area contributed by atoms with Gasteiger partial charge in [0.15, 0.2) is 5.17 Å². The first-order valence-electron chi connectivity index (χ1n) is 5.80. The molecule has 2 rings (SSSR count). The second-order valence-corrected chi connectivity index (χ2v) is 4.71. The molecule has 0 bridgehead atoms. The van der Waals surface area contributed by atoms with Gasteiger partial charge in [0.1, 0.15) is 0 Å². The number of nitrogens with one attached hydrogen (secondary N) is 1. The van der Waals surface area contributed by atoms with Gasteiger partial charge in [-0.2, -0.15) is 0 Å². The van der Waals surface area contributed by atoms with Crippen molar-refractivity contribution in [1.82, 2.24) is 0 Å². The smallest absolute Gasteiger partial charge is 0.160 e. The van der Waals surface area contributed by atoms with Gasteiger partial charge in [-0.15, -0.1) is 0 Å². The number of benzene rings is 2. The Morgan fingerprint density at radius 2 is 1.56 bits per heavy atom. The van der Waals surface area contributed by atoms with Crippen LogP contribution in [0.2, 0.25) is 0 Å². The van der Waals surface area contributed by atoms with Crippen molar-refractivity contribution >= 4 is 22.6 Å². The number of nitrogens with zero attached hydrogens (tertiary/aromatic N) is 1.